The van der Waals surface area contributed by atoms with Gasteiger partial charge in [-0.1, -0.05) is 35.9 Å². The van der Waals surface area contributed by atoms with E-state index in [-0.39, 0.29) is 0 Å². The zero-order chi connectivity index (χ0) is 13.8. The van der Waals surface area contributed by atoms with E-state index in [9.17, 15) is 5.11 Å². The lowest BCUT2D eigenvalue weighted by molar-refractivity contribution is 0.220. The molecular formula is C16H17BrO2. The van der Waals surface area contributed by atoms with E-state index in [1.54, 1.807) is 0 Å². The minimum absolute atomic E-state index is 0.619. The summed E-state index contributed by atoms with van der Waals surface area (Å²) in [5.74, 6) is 0.794. The lowest BCUT2D eigenvalue weighted by Gasteiger charge is -2.14. The number of rotatable bonds is 4. The molecule has 0 radical (unpaired) electrons. The van der Waals surface area contributed by atoms with E-state index >= 15 is 0 Å². The molecule has 2 aromatic rings. The van der Waals surface area contributed by atoms with Crippen molar-refractivity contribution in [2.45, 2.75) is 20.0 Å². The van der Waals surface area contributed by atoms with Crippen molar-refractivity contribution in [3.05, 3.63) is 63.6 Å². The largest absolute Gasteiger partial charge is 0.493 e. The summed E-state index contributed by atoms with van der Waals surface area (Å²) in [5.41, 5.74) is 2.89. The summed E-state index contributed by atoms with van der Waals surface area (Å²) in [6, 6.07) is 13.6. The zero-order valence-electron chi connectivity index (χ0n) is 11.1. The van der Waals surface area contributed by atoms with Gasteiger partial charge >= 0.3 is 0 Å². The number of aliphatic hydroxyl groups excluding tert-OH is 1. The first-order chi connectivity index (χ1) is 9.11. The van der Waals surface area contributed by atoms with E-state index in [1.807, 2.05) is 56.3 Å². The Morgan fingerprint density at radius 1 is 1.16 bits per heavy atom. The summed E-state index contributed by atoms with van der Waals surface area (Å²) < 4.78 is 6.33. The van der Waals surface area contributed by atoms with E-state index in [0.717, 1.165) is 26.9 Å². The van der Waals surface area contributed by atoms with Gasteiger partial charge in [0.2, 0.25) is 0 Å². The highest BCUT2D eigenvalue weighted by molar-refractivity contribution is 9.10. The van der Waals surface area contributed by atoms with Crippen LogP contribution in [0.1, 0.15) is 29.7 Å². The Kier molecular flexibility index (Phi) is 4.61. The van der Waals surface area contributed by atoms with Crippen molar-refractivity contribution >= 4 is 15.9 Å². The van der Waals surface area contributed by atoms with Crippen LogP contribution in [0.25, 0.3) is 0 Å². The number of aliphatic hydroxyl groups is 1. The van der Waals surface area contributed by atoms with Crippen molar-refractivity contribution in [2.75, 3.05) is 6.61 Å². The molecule has 3 heteroatoms. The van der Waals surface area contributed by atoms with E-state index in [0.29, 0.717) is 6.61 Å². The predicted octanol–water partition coefficient (Wildman–Crippen LogP) is 4.24. The molecule has 0 spiro atoms. The molecule has 0 fully saturated rings. The number of benzene rings is 2. The van der Waals surface area contributed by atoms with Gasteiger partial charge in [-0.15, -0.1) is 0 Å². The number of ether oxygens (including phenoxy) is 1. The Bertz CT molecular complexity index is 566. The molecule has 0 aliphatic carbocycles. The molecule has 0 bridgehead atoms. The first-order valence-corrected chi connectivity index (χ1v) is 7.08. The SMILES string of the molecule is CCOc1ccc(C(O)c2cccc(C)c2)cc1Br. The van der Waals surface area contributed by atoms with Crippen LogP contribution in [-0.4, -0.2) is 11.7 Å². The Balaban J connectivity index is 2.29. The molecule has 19 heavy (non-hydrogen) atoms. The predicted molar refractivity (Wildman–Crippen MR) is 80.6 cm³/mol. The molecule has 0 aliphatic heterocycles. The van der Waals surface area contributed by atoms with Crippen molar-refractivity contribution in [2.24, 2.45) is 0 Å². The van der Waals surface area contributed by atoms with Gasteiger partial charge in [-0.3, -0.25) is 0 Å². The Hall–Kier alpha value is -1.32. The van der Waals surface area contributed by atoms with Crippen molar-refractivity contribution < 1.29 is 9.84 Å². The van der Waals surface area contributed by atoms with Crippen LogP contribution in [0.4, 0.5) is 0 Å². The van der Waals surface area contributed by atoms with Gasteiger partial charge in [0.1, 0.15) is 11.9 Å². The molecule has 2 aromatic carbocycles. The molecule has 0 saturated heterocycles. The van der Waals surface area contributed by atoms with Gasteiger partial charge < -0.3 is 9.84 Å². The monoisotopic (exact) mass is 320 g/mol. The Labute approximate surface area is 122 Å². The highest BCUT2D eigenvalue weighted by Gasteiger charge is 2.12. The summed E-state index contributed by atoms with van der Waals surface area (Å²) in [6.45, 7) is 4.59. The minimum Gasteiger partial charge on any atom is -0.493 e. The van der Waals surface area contributed by atoms with Gasteiger partial charge in [-0.25, -0.2) is 0 Å². The third kappa shape index (κ3) is 3.37. The van der Waals surface area contributed by atoms with Crippen LogP contribution in [0.5, 0.6) is 5.75 Å². The third-order valence-electron chi connectivity index (χ3n) is 2.93. The van der Waals surface area contributed by atoms with E-state index < -0.39 is 6.10 Å². The molecule has 0 aromatic heterocycles. The van der Waals surface area contributed by atoms with Crippen LogP contribution >= 0.6 is 15.9 Å². The quantitative estimate of drug-likeness (QED) is 0.913. The number of hydrogen-bond acceptors (Lipinski definition) is 2. The van der Waals surface area contributed by atoms with Crippen LogP contribution in [0, 0.1) is 6.92 Å². The third-order valence-corrected chi connectivity index (χ3v) is 3.55. The molecule has 2 rings (SSSR count). The fourth-order valence-corrected chi connectivity index (χ4v) is 2.50. The lowest BCUT2D eigenvalue weighted by atomic mass is 10.00. The molecule has 1 N–H and O–H groups in total. The average Bonchev–Trinajstić information content (AvgIpc) is 2.40. The van der Waals surface area contributed by atoms with Crippen molar-refractivity contribution in [3.8, 4) is 5.75 Å². The highest BCUT2D eigenvalue weighted by atomic mass is 79.9. The maximum atomic E-state index is 10.4. The first kappa shape index (κ1) is 14.1. The summed E-state index contributed by atoms with van der Waals surface area (Å²) in [6.07, 6.45) is -0.619. The van der Waals surface area contributed by atoms with Crippen molar-refractivity contribution in [1.29, 1.82) is 0 Å². The smallest absolute Gasteiger partial charge is 0.133 e. The molecule has 0 heterocycles. The average molecular weight is 321 g/mol. The molecule has 0 amide bonds. The molecule has 1 atom stereocenters. The molecule has 1 unspecified atom stereocenters. The van der Waals surface area contributed by atoms with Crippen molar-refractivity contribution in [3.63, 3.8) is 0 Å². The maximum Gasteiger partial charge on any atom is 0.133 e. The van der Waals surface area contributed by atoms with Gasteiger partial charge in [0, 0.05) is 0 Å². The fourth-order valence-electron chi connectivity index (χ4n) is 1.99. The van der Waals surface area contributed by atoms with Crippen LogP contribution < -0.4 is 4.74 Å². The van der Waals surface area contributed by atoms with Gasteiger partial charge in [0.25, 0.3) is 0 Å². The van der Waals surface area contributed by atoms with Gasteiger partial charge in [-0.2, -0.15) is 0 Å². The van der Waals surface area contributed by atoms with Crippen molar-refractivity contribution in [1.82, 2.24) is 0 Å². The summed E-state index contributed by atoms with van der Waals surface area (Å²) >= 11 is 3.47. The fraction of sp³-hybridized carbons (Fsp3) is 0.250. The van der Waals surface area contributed by atoms with Crippen LogP contribution in [0.2, 0.25) is 0 Å². The second kappa shape index (κ2) is 6.22. The zero-order valence-corrected chi connectivity index (χ0v) is 12.6. The highest BCUT2D eigenvalue weighted by Crippen LogP contribution is 2.31. The van der Waals surface area contributed by atoms with Gasteiger partial charge in [0.15, 0.2) is 0 Å². The minimum atomic E-state index is -0.619. The molecule has 0 saturated carbocycles. The summed E-state index contributed by atoms with van der Waals surface area (Å²) in [7, 11) is 0. The van der Waals surface area contributed by atoms with E-state index in [2.05, 4.69) is 15.9 Å². The topological polar surface area (TPSA) is 29.5 Å². The number of hydrogen-bond donors (Lipinski definition) is 1. The summed E-state index contributed by atoms with van der Waals surface area (Å²) in [4.78, 5) is 0. The normalized spacial score (nSPS) is 12.2. The van der Waals surface area contributed by atoms with E-state index in [4.69, 9.17) is 4.74 Å². The van der Waals surface area contributed by atoms with E-state index in [1.165, 1.54) is 0 Å². The number of aryl methyl sites for hydroxylation is 1. The maximum absolute atomic E-state index is 10.4. The number of halogens is 1. The lowest BCUT2D eigenvalue weighted by Crippen LogP contribution is -2.01. The summed E-state index contributed by atoms with van der Waals surface area (Å²) in [5, 5.41) is 10.4. The second-order valence-electron chi connectivity index (χ2n) is 4.44. The molecule has 100 valence electrons. The van der Waals surface area contributed by atoms with Crippen LogP contribution in [0.15, 0.2) is 46.9 Å². The van der Waals surface area contributed by atoms with Gasteiger partial charge in [-0.05, 0) is 53.0 Å². The first-order valence-electron chi connectivity index (χ1n) is 6.28. The van der Waals surface area contributed by atoms with Gasteiger partial charge in [0.05, 0.1) is 11.1 Å². The second-order valence-corrected chi connectivity index (χ2v) is 5.29. The standard InChI is InChI=1S/C16H17BrO2/c1-3-19-15-8-7-13(10-14(15)17)16(18)12-6-4-5-11(2)9-12/h4-10,16,18H,3H2,1-2H3. The van der Waals surface area contributed by atoms with Crippen LogP contribution in [-0.2, 0) is 0 Å². The molecule has 0 aliphatic rings. The molecule has 2 nitrogen and oxygen atoms in total. The molecular weight excluding hydrogens is 304 g/mol. The Morgan fingerprint density at radius 3 is 2.53 bits per heavy atom. The van der Waals surface area contributed by atoms with Crippen LogP contribution in [0.3, 0.4) is 0 Å². The Morgan fingerprint density at radius 2 is 1.89 bits per heavy atom.